The molecule has 0 saturated carbocycles. The maximum absolute atomic E-state index is 11.7. The van der Waals surface area contributed by atoms with Crippen molar-refractivity contribution in [1.29, 1.82) is 0 Å². The summed E-state index contributed by atoms with van der Waals surface area (Å²) in [5.41, 5.74) is 6.66. The molecule has 1 rings (SSSR count). The average Bonchev–Trinajstić information content (AvgIpc) is 2.64. The molecule has 0 aliphatic rings. The van der Waals surface area contributed by atoms with E-state index in [1.165, 1.54) is 0 Å². The summed E-state index contributed by atoms with van der Waals surface area (Å²) < 4.78 is 6.88. The van der Waals surface area contributed by atoms with E-state index in [-0.39, 0.29) is 5.97 Å². The van der Waals surface area contributed by atoms with Gasteiger partial charge in [0.2, 0.25) is 0 Å². The van der Waals surface area contributed by atoms with Crippen molar-refractivity contribution in [3.05, 3.63) is 18.0 Å². The largest absolute Gasteiger partial charge is 0.460 e. The summed E-state index contributed by atoms with van der Waals surface area (Å²) in [7, 11) is 1.78. The topological polar surface area (TPSA) is 60.5 Å². The van der Waals surface area contributed by atoms with E-state index in [4.69, 9.17) is 10.5 Å². The molecule has 17 heavy (non-hydrogen) atoms. The Kier molecular flexibility index (Phi) is 5.03. The summed E-state index contributed by atoms with van der Waals surface area (Å²) in [6.45, 7) is 7.27. The molecule has 0 unspecified atom stereocenters. The monoisotopic (exact) mass is 239 g/mol. The molecule has 1 aromatic rings. The first-order chi connectivity index (χ1) is 8.08. The first-order valence-electron chi connectivity index (χ1n) is 5.89. The number of nitrogens with two attached hydrogens (primary N) is 1. The highest BCUT2D eigenvalue weighted by atomic mass is 16.5. The zero-order chi connectivity index (χ0) is 12.8. The Balaban J connectivity index is 2.42. The Morgan fingerprint density at radius 1 is 1.47 bits per heavy atom. The third-order valence-electron chi connectivity index (χ3n) is 2.77. The molecule has 1 aromatic heterocycles. The van der Waals surface area contributed by atoms with Crippen LogP contribution in [0.2, 0.25) is 0 Å². The van der Waals surface area contributed by atoms with E-state index in [1.54, 1.807) is 23.9 Å². The minimum Gasteiger partial charge on any atom is -0.460 e. The number of aryl methyl sites for hydroxylation is 1. The van der Waals surface area contributed by atoms with Crippen LogP contribution in [0.5, 0.6) is 0 Å². The molecule has 0 amide bonds. The van der Waals surface area contributed by atoms with Crippen molar-refractivity contribution in [3.8, 4) is 0 Å². The van der Waals surface area contributed by atoms with Crippen molar-refractivity contribution in [1.82, 2.24) is 9.47 Å². The molecular formula is C12H21N3O2. The molecule has 0 fully saturated rings. The van der Waals surface area contributed by atoms with E-state index in [1.807, 2.05) is 0 Å². The molecule has 0 saturated heterocycles. The number of carbonyl (C=O) groups is 1. The summed E-state index contributed by atoms with van der Waals surface area (Å²) in [6.07, 6.45) is 1.70. The Bertz CT molecular complexity index is 370. The van der Waals surface area contributed by atoms with Crippen LogP contribution in [-0.2, 0) is 11.8 Å². The van der Waals surface area contributed by atoms with E-state index >= 15 is 0 Å². The fourth-order valence-corrected chi connectivity index (χ4v) is 1.67. The van der Waals surface area contributed by atoms with Crippen LogP contribution in [0.25, 0.3) is 0 Å². The van der Waals surface area contributed by atoms with E-state index in [0.717, 1.165) is 19.6 Å². The van der Waals surface area contributed by atoms with Crippen molar-refractivity contribution in [3.63, 3.8) is 0 Å². The lowest BCUT2D eigenvalue weighted by Gasteiger charge is -2.17. The van der Waals surface area contributed by atoms with Gasteiger partial charge in [0.1, 0.15) is 12.3 Å². The van der Waals surface area contributed by atoms with Gasteiger partial charge in [-0.1, -0.05) is 13.8 Å². The number of ether oxygens (including phenoxy) is 1. The minimum absolute atomic E-state index is 0.323. The summed E-state index contributed by atoms with van der Waals surface area (Å²) >= 11 is 0. The maximum Gasteiger partial charge on any atom is 0.355 e. The van der Waals surface area contributed by atoms with Gasteiger partial charge in [-0.05, 0) is 19.2 Å². The highest BCUT2D eigenvalue weighted by Gasteiger charge is 2.12. The number of nitrogens with zero attached hydrogens (tertiary/aromatic N) is 2. The lowest BCUT2D eigenvalue weighted by atomic mass is 10.4. The number of anilines is 1. The van der Waals surface area contributed by atoms with Crippen LogP contribution in [0.4, 0.5) is 5.69 Å². The zero-order valence-corrected chi connectivity index (χ0v) is 10.8. The van der Waals surface area contributed by atoms with Crippen LogP contribution >= 0.6 is 0 Å². The molecular weight excluding hydrogens is 218 g/mol. The quantitative estimate of drug-likeness (QED) is 0.755. The highest BCUT2D eigenvalue weighted by molar-refractivity contribution is 5.89. The van der Waals surface area contributed by atoms with Crippen LogP contribution in [0.3, 0.4) is 0 Å². The van der Waals surface area contributed by atoms with Crippen molar-refractivity contribution >= 4 is 11.7 Å². The maximum atomic E-state index is 11.7. The smallest absolute Gasteiger partial charge is 0.355 e. The molecule has 0 aliphatic carbocycles. The second kappa shape index (κ2) is 6.30. The minimum atomic E-state index is -0.323. The van der Waals surface area contributed by atoms with Gasteiger partial charge in [-0.3, -0.25) is 0 Å². The number of likely N-dealkylation sites (N-methyl/N-ethyl adjacent to an activating group) is 1. The predicted octanol–water partition coefficient (Wildman–Crippen LogP) is 1.11. The standard InChI is InChI=1S/C12H21N3O2/c1-4-15(5-2)6-7-17-12(16)11-8-10(13)9-14(11)3/h8-9H,4-7,13H2,1-3H3. The third-order valence-corrected chi connectivity index (χ3v) is 2.77. The zero-order valence-electron chi connectivity index (χ0n) is 10.8. The van der Waals surface area contributed by atoms with Crippen molar-refractivity contribution in [2.45, 2.75) is 13.8 Å². The summed E-state index contributed by atoms with van der Waals surface area (Å²) in [5, 5.41) is 0. The van der Waals surface area contributed by atoms with Gasteiger partial charge in [-0.15, -0.1) is 0 Å². The highest BCUT2D eigenvalue weighted by Crippen LogP contribution is 2.09. The molecule has 0 aliphatic heterocycles. The Hall–Kier alpha value is -1.49. The van der Waals surface area contributed by atoms with Crippen molar-refractivity contribution < 1.29 is 9.53 Å². The van der Waals surface area contributed by atoms with Gasteiger partial charge in [0.05, 0.1) is 5.69 Å². The van der Waals surface area contributed by atoms with Gasteiger partial charge in [0.25, 0.3) is 0 Å². The molecule has 2 N–H and O–H groups in total. The summed E-state index contributed by atoms with van der Waals surface area (Å²) in [6, 6.07) is 1.62. The van der Waals surface area contributed by atoms with E-state index < -0.39 is 0 Å². The Morgan fingerprint density at radius 2 is 2.12 bits per heavy atom. The van der Waals surface area contributed by atoms with Gasteiger partial charge < -0.3 is 19.9 Å². The van der Waals surface area contributed by atoms with Crippen LogP contribution in [0.1, 0.15) is 24.3 Å². The molecule has 5 nitrogen and oxygen atoms in total. The van der Waals surface area contributed by atoms with Gasteiger partial charge in [0, 0.05) is 19.8 Å². The first kappa shape index (κ1) is 13.6. The molecule has 0 atom stereocenters. The fourth-order valence-electron chi connectivity index (χ4n) is 1.67. The number of carbonyl (C=O) groups excluding carboxylic acids is 1. The lowest BCUT2D eigenvalue weighted by Crippen LogP contribution is -2.28. The summed E-state index contributed by atoms with van der Waals surface area (Å²) in [5.74, 6) is -0.323. The number of hydrogen-bond acceptors (Lipinski definition) is 4. The van der Waals surface area contributed by atoms with Crippen LogP contribution < -0.4 is 5.73 Å². The van der Waals surface area contributed by atoms with Gasteiger partial charge in [-0.2, -0.15) is 0 Å². The first-order valence-corrected chi connectivity index (χ1v) is 5.89. The van der Waals surface area contributed by atoms with Gasteiger partial charge in [-0.25, -0.2) is 4.79 Å². The SMILES string of the molecule is CCN(CC)CCOC(=O)c1cc(N)cn1C. The predicted molar refractivity (Wildman–Crippen MR) is 67.9 cm³/mol. The molecule has 1 heterocycles. The fraction of sp³-hybridized carbons (Fsp3) is 0.583. The normalized spacial score (nSPS) is 10.8. The molecule has 5 heteroatoms. The van der Waals surface area contributed by atoms with Gasteiger partial charge in [0.15, 0.2) is 0 Å². The molecule has 0 bridgehead atoms. The van der Waals surface area contributed by atoms with Crippen LogP contribution in [-0.4, -0.2) is 41.7 Å². The second-order valence-corrected chi connectivity index (χ2v) is 3.93. The molecule has 0 spiro atoms. The number of aromatic nitrogens is 1. The van der Waals surface area contributed by atoms with Crippen LogP contribution in [0, 0.1) is 0 Å². The van der Waals surface area contributed by atoms with Crippen molar-refractivity contribution in [2.75, 3.05) is 32.0 Å². The van der Waals surface area contributed by atoms with E-state index in [9.17, 15) is 4.79 Å². The van der Waals surface area contributed by atoms with E-state index in [2.05, 4.69) is 18.7 Å². The Labute approximate surface area is 102 Å². The lowest BCUT2D eigenvalue weighted by molar-refractivity contribution is 0.0455. The number of esters is 1. The van der Waals surface area contributed by atoms with Crippen LogP contribution in [0.15, 0.2) is 12.3 Å². The molecule has 0 aromatic carbocycles. The summed E-state index contributed by atoms with van der Waals surface area (Å²) in [4.78, 5) is 13.9. The van der Waals surface area contributed by atoms with Gasteiger partial charge >= 0.3 is 5.97 Å². The second-order valence-electron chi connectivity index (χ2n) is 3.93. The Morgan fingerprint density at radius 3 is 2.59 bits per heavy atom. The average molecular weight is 239 g/mol. The number of nitrogen functional groups attached to an aromatic ring is 1. The molecule has 96 valence electrons. The third kappa shape index (κ3) is 3.78. The van der Waals surface area contributed by atoms with E-state index in [0.29, 0.717) is 18.0 Å². The number of rotatable bonds is 6. The molecule has 0 radical (unpaired) electrons. The number of hydrogen-bond donors (Lipinski definition) is 1. The van der Waals surface area contributed by atoms with Crippen molar-refractivity contribution in [2.24, 2.45) is 7.05 Å².